The molecule has 0 fully saturated rings. The highest BCUT2D eigenvalue weighted by Crippen LogP contribution is 2.27. The molecule has 0 atom stereocenters. The highest BCUT2D eigenvalue weighted by Gasteiger charge is 2.12. The fourth-order valence-electron chi connectivity index (χ4n) is 1.72. The van der Waals surface area contributed by atoms with Gasteiger partial charge in [-0.25, -0.2) is 0 Å². The van der Waals surface area contributed by atoms with Gasteiger partial charge in [-0.1, -0.05) is 29.0 Å². The van der Waals surface area contributed by atoms with Crippen LogP contribution in [0.3, 0.4) is 0 Å². The smallest absolute Gasteiger partial charge is 0.295 e. The van der Waals surface area contributed by atoms with Gasteiger partial charge in [-0.15, -0.1) is 5.10 Å². The van der Waals surface area contributed by atoms with Crippen LogP contribution in [0.25, 0.3) is 0 Å². The van der Waals surface area contributed by atoms with E-state index in [-0.39, 0.29) is 23.5 Å². The van der Waals surface area contributed by atoms with Crippen molar-refractivity contribution in [3.63, 3.8) is 0 Å². The van der Waals surface area contributed by atoms with E-state index < -0.39 is 0 Å². The second-order valence-corrected chi connectivity index (χ2v) is 7.10. The maximum atomic E-state index is 12.0. The molecule has 0 radical (unpaired) electrons. The van der Waals surface area contributed by atoms with Crippen molar-refractivity contribution in [3.05, 3.63) is 29.8 Å². The van der Waals surface area contributed by atoms with Gasteiger partial charge in [0.05, 0.1) is 17.5 Å². The lowest BCUT2D eigenvalue weighted by Crippen LogP contribution is -2.16. The Hall–Kier alpha value is -1.93. The Morgan fingerprint density at radius 2 is 2.04 bits per heavy atom. The quantitative estimate of drug-likeness (QED) is 0.609. The van der Waals surface area contributed by atoms with E-state index in [4.69, 9.17) is 4.74 Å². The number of ether oxygens (including phenoxy) is 1. The van der Waals surface area contributed by atoms with Crippen LogP contribution in [-0.4, -0.2) is 33.7 Å². The summed E-state index contributed by atoms with van der Waals surface area (Å²) in [6.45, 7) is 5.29. The summed E-state index contributed by atoms with van der Waals surface area (Å²) in [5.41, 5.74) is 1.01. The first-order chi connectivity index (χ1) is 11.0. The maximum Gasteiger partial charge on any atom is 0.295 e. The fraction of sp³-hybridized carbons (Fsp3) is 0.333. The van der Waals surface area contributed by atoms with E-state index >= 15 is 0 Å². The van der Waals surface area contributed by atoms with Gasteiger partial charge in [0.2, 0.25) is 5.91 Å². The predicted molar refractivity (Wildman–Crippen MR) is 91.5 cm³/mol. The van der Waals surface area contributed by atoms with E-state index in [9.17, 15) is 9.59 Å². The number of hydrogen-bond donors (Lipinski definition) is 1. The van der Waals surface area contributed by atoms with Crippen LogP contribution in [0.5, 0.6) is 5.19 Å². The van der Waals surface area contributed by atoms with Crippen LogP contribution in [0.15, 0.2) is 28.6 Å². The van der Waals surface area contributed by atoms with Crippen molar-refractivity contribution < 1.29 is 14.3 Å². The van der Waals surface area contributed by atoms with E-state index in [0.717, 1.165) is 0 Å². The fourth-order valence-corrected chi connectivity index (χ4v) is 3.32. The van der Waals surface area contributed by atoms with Gasteiger partial charge in [0.25, 0.3) is 5.19 Å². The number of nitrogens with zero attached hydrogens (tertiary/aromatic N) is 2. The molecule has 1 aromatic heterocycles. The third-order valence-corrected chi connectivity index (χ3v) is 4.58. The van der Waals surface area contributed by atoms with Crippen molar-refractivity contribution in [2.45, 2.75) is 31.2 Å². The van der Waals surface area contributed by atoms with E-state index in [1.165, 1.54) is 30.0 Å². The summed E-state index contributed by atoms with van der Waals surface area (Å²) in [4.78, 5) is 23.6. The van der Waals surface area contributed by atoms with Gasteiger partial charge in [-0.3, -0.25) is 9.59 Å². The van der Waals surface area contributed by atoms with Crippen LogP contribution in [0.1, 0.15) is 31.1 Å². The summed E-state index contributed by atoms with van der Waals surface area (Å²) < 4.78 is 6.10. The minimum Gasteiger partial charge on any atom is -0.466 e. The molecule has 0 aliphatic rings. The van der Waals surface area contributed by atoms with Crippen LogP contribution < -0.4 is 10.1 Å². The number of Topliss-reactive ketones (excluding diaryl/α,β-unsaturated/α-hetero) is 1. The lowest BCUT2D eigenvalue weighted by molar-refractivity contribution is -0.113. The lowest BCUT2D eigenvalue weighted by Gasteiger charge is -2.08. The molecule has 23 heavy (non-hydrogen) atoms. The number of rotatable bonds is 7. The summed E-state index contributed by atoms with van der Waals surface area (Å²) in [7, 11) is 0. The molecule has 0 spiro atoms. The number of carbonyl (C=O) groups is 2. The summed E-state index contributed by atoms with van der Waals surface area (Å²) in [5, 5.41) is 11.1. The number of nitrogens with one attached hydrogen (secondary N) is 1. The van der Waals surface area contributed by atoms with Crippen LogP contribution in [0.2, 0.25) is 0 Å². The molecule has 1 aromatic carbocycles. The number of carbonyl (C=O) groups excluding carboxylic acids is 2. The molecule has 1 N–H and O–H groups in total. The van der Waals surface area contributed by atoms with Gasteiger partial charge in [0.15, 0.2) is 10.1 Å². The molecule has 8 heteroatoms. The van der Waals surface area contributed by atoms with E-state index in [1.54, 1.807) is 24.3 Å². The zero-order valence-electron chi connectivity index (χ0n) is 13.0. The van der Waals surface area contributed by atoms with Crippen LogP contribution in [0, 0.1) is 0 Å². The zero-order chi connectivity index (χ0) is 16.8. The first-order valence-electron chi connectivity index (χ1n) is 6.98. The summed E-state index contributed by atoms with van der Waals surface area (Å²) in [6, 6.07) is 6.93. The maximum absolute atomic E-state index is 12.0. The topological polar surface area (TPSA) is 81.2 Å². The number of ketones is 1. The van der Waals surface area contributed by atoms with Crippen molar-refractivity contribution in [2.24, 2.45) is 0 Å². The molecule has 6 nitrogen and oxygen atoms in total. The minimum atomic E-state index is -0.203. The summed E-state index contributed by atoms with van der Waals surface area (Å²) in [6.07, 6.45) is 0.0344. The van der Waals surface area contributed by atoms with Gasteiger partial charge >= 0.3 is 0 Å². The highest BCUT2D eigenvalue weighted by atomic mass is 32.2. The number of aromatic nitrogens is 2. The number of para-hydroxylation sites is 1. The zero-order valence-corrected chi connectivity index (χ0v) is 14.7. The van der Waals surface area contributed by atoms with Crippen LogP contribution >= 0.6 is 23.1 Å². The number of hydrogen-bond acceptors (Lipinski definition) is 7. The monoisotopic (exact) mass is 351 g/mol. The molecule has 0 aliphatic heterocycles. The lowest BCUT2D eigenvalue weighted by atomic mass is 10.1. The third-order valence-electron chi connectivity index (χ3n) is 2.63. The first kappa shape index (κ1) is 17.4. The molecular formula is C15H17N3O3S2. The number of amides is 1. The van der Waals surface area contributed by atoms with Crippen molar-refractivity contribution in [1.82, 2.24) is 10.2 Å². The van der Waals surface area contributed by atoms with Gasteiger partial charge in [0.1, 0.15) is 0 Å². The van der Waals surface area contributed by atoms with Crippen molar-refractivity contribution in [3.8, 4) is 5.19 Å². The largest absolute Gasteiger partial charge is 0.466 e. The molecule has 2 aromatic rings. The highest BCUT2D eigenvalue weighted by molar-refractivity contribution is 8.01. The van der Waals surface area contributed by atoms with Crippen LogP contribution in [0.4, 0.5) is 5.69 Å². The Labute approximate surface area is 142 Å². The normalized spacial score (nSPS) is 10.6. The molecule has 2 rings (SSSR count). The van der Waals surface area contributed by atoms with Gasteiger partial charge in [-0.2, -0.15) is 0 Å². The minimum absolute atomic E-state index is 0.0344. The Morgan fingerprint density at radius 3 is 2.74 bits per heavy atom. The van der Waals surface area contributed by atoms with Gasteiger partial charge in [0, 0.05) is 5.56 Å². The molecule has 0 bridgehead atoms. The molecule has 0 saturated heterocycles. The van der Waals surface area contributed by atoms with E-state index in [2.05, 4.69) is 15.5 Å². The summed E-state index contributed by atoms with van der Waals surface area (Å²) >= 11 is 2.58. The van der Waals surface area contributed by atoms with Crippen molar-refractivity contribution in [1.29, 1.82) is 0 Å². The van der Waals surface area contributed by atoms with Crippen molar-refractivity contribution >= 4 is 40.5 Å². The van der Waals surface area contributed by atoms with Crippen LogP contribution in [-0.2, 0) is 4.79 Å². The second kappa shape index (κ2) is 8.07. The SMILES string of the molecule is CC(=O)c1ccccc1NC(=O)CSc1nnc(OC(C)C)s1. The third kappa shape index (κ3) is 5.33. The molecule has 0 saturated carbocycles. The number of anilines is 1. The molecule has 0 unspecified atom stereocenters. The van der Waals surface area contributed by atoms with E-state index in [0.29, 0.717) is 20.8 Å². The molecule has 122 valence electrons. The number of thioether (sulfide) groups is 1. The average molecular weight is 351 g/mol. The van der Waals surface area contributed by atoms with Crippen molar-refractivity contribution in [2.75, 3.05) is 11.1 Å². The Bertz CT molecular complexity index is 701. The molecule has 1 heterocycles. The van der Waals surface area contributed by atoms with E-state index in [1.807, 2.05) is 13.8 Å². The Balaban J connectivity index is 1.91. The molecule has 1 amide bonds. The van der Waals surface area contributed by atoms with Gasteiger partial charge in [-0.05, 0) is 44.2 Å². The van der Waals surface area contributed by atoms with Gasteiger partial charge < -0.3 is 10.1 Å². The average Bonchev–Trinajstić information content (AvgIpc) is 2.92. The Morgan fingerprint density at radius 1 is 1.30 bits per heavy atom. The first-order valence-corrected chi connectivity index (χ1v) is 8.78. The predicted octanol–water partition coefficient (Wildman–Crippen LogP) is 3.26. The molecular weight excluding hydrogens is 334 g/mol. The number of benzene rings is 1. The molecule has 0 aliphatic carbocycles. The second-order valence-electron chi connectivity index (χ2n) is 4.94. The summed E-state index contributed by atoms with van der Waals surface area (Å²) in [5.74, 6) is -0.110. The standard InChI is InChI=1S/C15H17N3O3S2/c1-9(2)21-14-17-18-15(23-14)22-8-13(20)16-12-7-5-4-6-11(12)10(3)19/h4-7,9H,8H2,1-3H3,(H,16,20). The Kier molecular flexibility index (Phi) is 6.12.